The summed E-state index contributed by atoms with van der Waals surface area (Å²) in [6.07, 6.45) is 0.628. The maximum Gasteiger partial charge on any atom is 0.251 e. The maximum atomic E-state index is 11.7. The van der Waals surface area contributed by atoms with Crippen molar-refractivity contribution < 1.29 is 14.6 Å². The number of aliphatic hydroxyl groups is 1. The molecule has 1 aromatic rings. The number of methoxy groups -OCH3 is 1. The van der Waals surface area contributed by atoms with Crippen molar-refractivity contribution in [1.82, 2.24) is 4.90 Å². The van der Waals surface area contributed by atoms with Gasteiger partial charge in [-0.2, -0.15) is 0 Å². The van der Waals surface area contributed by atoms with Gasteiger partial charge in [-0.25, -0.2) is 0 Å². The summed E-state index contributed by atoms with van der Waals surface area (Å²) >= 11 is 0. The zero-order chi connectivity index (χ0) is 12.3. The molecule has 1 aromatic carbocycles. The molecule has 1 heterocycles. The molecule has 4 nitrogen and oxygen atoms in total. The largest absolute Gasteiger partial charge is 0.497 e. The highest BCUT2D eigenvalue weighted by molar-refractivity contribution is 5.81. The van der Waals surface area contributed by atoms with Crippen LogP contribution >= 0.6 is 0 Å². The summed E-state index contributed by atoms with van der Waals surface area (Å²) in [5, 5.41) is 9.50. The molecule has 0 bridgehead atoms. The summed E-state index contributed by atoms with van der Waals surface area (Å²) in [5.74, 6) is 0.644. The minimum atomic E-state index is -0.818. The summed E-state index contributed by atoms with van der Waals surface area (Å²) in [6.45, 7) is 1.28. The molecule has 1 unspecified atom stereocenters. The molecule has 1 fully saturated rings. The second-order valence-corrected chi connectivity index (χ2v) is 4.27. The normalized spacial score (nSPS) is 20.5. The lowest BCUT2D eigenvalue weighted by Crippen LogP contribution is -2.43. The summed E-state index contributed by atoms with van der Waals surface area (Å²) < 4.78 is 5.08. The molecular weight excluding hydrogens is 218 g/mol. The summed E-state index contributed by atoms with van der Waals surface area (Å²) in [5.41, 5.74) is 1.05. The number of carbonyl (C=O) groups is 1. The van der Waals surface area contributed by atoms with E-state index in [1.165, 1.54) is 0 Å². The summed E-state index contributed by atoms with van der Waals surface area (Å²) in [4.78, 5) is 13.4. The number of rotatable bonds is 3. The lowest BCUT2D eigenvalue weighted by Gasteiger charge is -2.29. The molecule has 1 amide bonds. The van der Waals surface area contributed by atoms with Crippen LogP contribution in [0.1, 0.15) is 18.4 Å². The number of benzene rings is 1. The molecule has 0 aromatic heterocycles. The maximum absolute atomic E-state index is 11.7. The Morgan fingerprint density at radius 2 is 2.12 bits per heavy atom. The number of likely N-dealkylation sites (tertiary alicyclic amines) is 1. The van der Waals surface area contributed by atoms with E-state index in [0.717, 1.165) is 24.3 Å². The zero-order valence-corrected chi connectivity index (χ0v) is 9.93. The van der Waals surface area contributed by atoms with Gasteiger partial charge in [-0.15, -0.1) is 0 Å². The second kappa shape index (κ2) is 5.19. The van der Waals surface area contributed by atoms with Gasteiger partial charge >= 0.3 is 0 Å². The van der Waals surface area contributed by atoms with Gasteiger partial charge in [-0.3, -0.25) is 4.79 Å². The van der Waals surface area contributed by atoms with E-state index in [-0.39, 0.29) is 5.91 Å². The van der Waals surface area contributed by atoms with Gasteiger partial charge in [0.1, 0.15) is 11.9 Å². The molecule has 0 saturated carbocycles. The van der Waals surface area contributed by atoms with Crippen molar-refractivity contribution in [3.8, 4) is 5.75 Å². The minimum Gasteiger partial charge on any atom is -0.497 e. The molecule has 92 valence electrons. The average molecular weight is 235 g/mol. The van der Waals surface area contributed by atoms with E-state index in [9.17, 15) is 9.90 Å². The van der Waals surface area contributed by atoms with Crippen LogP contribution in [0.5, 0.6) is 5.75 Å². The van der Waals surface area contributed by atoms with Crippen molar-refractivity contribution in [2.75, 3.05) is 13.7 Å². The van der Waals surface area contributed by atoms with Crippen LogP contribution in [0.25, 0.3) is 0 Å². The molecule has 2 rings (SSSR count). The monoisotopic (exact) mass is 235 g/mol. The van der Waals surface area contributed by atoms with Gasteiger partial charge in [0.15, 0.2) is 0 Å². The van der Waals surface area contributed by atoms with E-state index < -0.39 is 6.10 Å². The number of nitrogens with zero attached hydrogens (tertiary/aromatic N) is 1. The van der Waals surface area contributed by atoms with Crippen molar-refractivity contribution >= 4 is 5.91 Å². The van der Waals surface area contributed by atoms with Gasteiger partial charge in [0.05, 0.1) is 7.11 Å². The predicted octanol–water partition coefficient (Wildman–Crippen LogP) is 1.18. The first kappa shape index (κ1) is 11.9. The fourth-order valence-electron chi connectivity index (χ4n) is 2.03. The molecule has 0 radical (unpaired) electrons. The minimum absolute atomic E-state index is 0.160. The van der Waals surface area contributed by atoms with Gasteiger partial charge in [-0.1, -0.05) is 12.1 Å². The Bertz CT molecular complexity index is 388. The van der Waals surface area contributed by atoms with E-state index in [4.69, 9.17) is 4.74 Å². The third-order valence-corrected chi connectivity index (χ3v) is 3.03. The quantitative estimate of drug-likeness (QED) is 0.855. The lowest BCUT2D eigenvalue weighted by atomic mass is 10.1. The lowest BCUT2D eigenvalue weighted by molar-refractivity contribution is -0.144. The van der Waals surface area contributed by atoms with E-state index in [1.807, 2.05) is 24.3 Å². The average Bonchev–Trinajstić information content (AvgIpc) is 2.36. The smallest absolute Gasteiger partial charge is 0.251 e. The van der Waals surface area contributed by atoms with Crippen LogP contribution in [-0.4, -0.2) is 35.7 Å². The van der Waals surface area contributed by atoms with Crippen LogP contribution in [0.3, 0.4) is 0 Å². The number of amides is 1. The predicted molar refractivity (Wildman–Crippen MR) is 63.7 cm³/mol. The zero-order valence-electron chi connectivity index (χ0n) is 9.93. The Labute approximate surface area is 101 Å². The van der Waals surface area contributed by atoms with Gasteiger partial charge in [0, 0.05) is 13.1 Å². The molecule has 1 aliphatic heterocycles. The van der Waals surface area contributed by atoms with E-state index in [0.29, 0.717) is 13.0 Å². The van der Waals surface area contributed by atoms with E-state index >= 15 is 0 Å². The third-order valence-electron chi connectivity index (χ3n) is 3.03. The summed E-state index contributed by atoms with van der Waals surface area (Å²) in [7, 11) is 1.62. The standard InChI is InChI=1S/C13H17NO3/c1-17-11-6-4-10(5-7-11)9-14-8-2-3-12(15)13(14)16/h4-7,12,15H,2-3,8-9H2,1H3. The summed E-state index contributed by atoms with van der Waals surface area (Å²) in [6, 6.07) is 7.63. The molecule has 0 aliphatic carbocycles. The first-order valence-electron chi connectivity index (χ1n) is 5.80. The van der Waals surface area contributed by atoms with Crippen LogP contribution in [0.4, 0.5) is 0 Å². The number of piperidine rings is 1. The topological polar surface area (TPSA) is 49.8 Å². The van der Waals surface area contributed by atoms with Crippen LogP contribution < -0.4 is 4.74 Å². The first-order valence-corrected chi connectivity index (χ1v) is 5.80. The van der Waals surface area contributed by atoms with Gasteiger partial charge in [0.25, 0.3) is 5.91 Å². The van der Waals surface area contributed by atoms with Crippen molar-refractivity contribution in [3.63, 3.8) is 0 Å². The molecule has 1 saturated heterocycles. The molecular formula is C13H17NO3. The van der Waals surface area contributed by atoms with Crippen molar-refractivity contribution in [2.45, 2.75) is 25.5 Å². The number of hydrogen-bond acceptors (Lipinski definition) is 3. The van der Waals surface area contributed by atoms with Crippen molar-refractivity contribution in [3.05, 3.63) is 29.8 Å². The fourth-order valence-corrected chi connectivity index (χ4v) is 2.03. The van der Waals surface area contributed by atoms with Gasteiger partial charge < -0.3 is 14.7 Å². The van der Waals surface area contributed by atoms with Crippen LogP contribution in [0.15, 0.2) is 24.3 Å². The highest BCUT2D eigenvalue weighted by atomic mass is 16.5. The van der Waals surface area contributed by atoms with E-state index in [2.05, 4.69) is 0 Å². The number of hydrogen-bond donors (Lipinski definition) is 1. The van der Waals surface area contributed by atoms with Crippen molar-refractivity contribution in [2.24, 2.45) is 0 Å². The van der Waals surface area contributed by atoms with Crippen LogP contribution in [0, 0.1) is 0 Å². The Balaban J connectivity index is 2.01. The molecule has 0 spiro atoms. The van der Waals surface area contributed by atoms with Crippen LogP contribution in [-0.2, 0) is 11.3 Å². The highest BCUT2D eigenvalue weighted by Crippen LogP contribution is 2.17. The number of aliphatic hydroxyl groups excluding tert-OH is 1. The molecule has 1 atom stereocenters. The molecule has 1 N–H and O–H groups in total. The van der Waals surface area contributed by atoms with Crippen LogP contribution in [0.2, 0.25) is 0 Å². The SMILES string of the molecule is COc1ccc(CN2CCCC(O)C2=O)cc1. The first-order chi connectivity index (χ1) is 8.20. The Morgan fingerprint density at radius 1 is 1.41 bits per heavy atom. The molecule has 4 heteroatoms. The van der Waals surface area contributed by atoms with Gasteiger partial charge in [0.2, 0.25) is 0 Å². The van der Waals surface area contributed by atoms with Crippen molar-refractivity contribution in [1.29, 1.82) is 0 Å². The molecule has 17 heavy (non-hydrogen) atoms. The number of carbonyl (C=O) groups excluding carboxylic acids is 1. The second-order valence-electron chi connectivity index (χ2n) is 4.27. The molecule has 1 aliphatic rings. The fraction of sp³-hybridized carbons (Fsp3) is 0.462. The van der Waals surface area contributed by atoms with Gasteiger partial charge in [-0.05, 0) is 30.5 Å². The van der Waals surface area contributed by atoms with E-state index in [1.54, 1.807) is 12.0 Å². The third kappa shape index (κ3) is 2.77. The Morgan fingerprint density at radius 3 is 2.76 bits per heavy atom. The Hall–Kier alpha value is -1.55. The highest BCUT2D eigenvalue weighted by Gasteiger charge is 2.26. The number of ether oxygens (including phenoxy) is 1. The Kier molecular flexibility index (Phi) is 3.64.